The van der Waals surface area contributed by atoms with Gasteiger partial charge in [-0.25, -0.2) is 0 Å². The summed E-state index contributed by atoms with van der Waals surface area (Å²) in [6, 6.07) is 6.00. The topological polar surface area (TPSA) is 49.9 Å². The number of carbonyl (C=O) groups is 2. The maximum atomic E-state index is 12.2. The molecule has 0 saturated carbocycles. The van der Waals surface area contributed by atoms with E-state index in [9.17, 15) is 9.59 Å². The summed E-state index contributed by atoms with van der Waals surface area (Å²) in [6.45, 7) is 4.33. The molecule has 122 valence electrons. The first-order valence-corrected chi connectivity index (χ1v) is 8.64. The van der Waals surface area contributed by atoms with Gasteiger partial charge in [0.15, 0.2) is 0 Å². The van der Waals surface area contributed by atoms with Gasteiger partial charge >= 0.3 is 0 Å². The molecule has 6 heteroatoms. The number of thioether (sulfide) groups is 1. The van der Waals surface area contributed by atoms with Crippen molar-refractivity contribution < 1.29 is 14.3 Å². The number of anilines is 1. The second-order valence-corrected chi connectivity index (χ2v) is 6.54. The lowest BCUT2D eigenvalue weighted by molar-refractivity contribution is -0.122. The molecule has 0 atom stereocenters. The third-order valence-electron chi connectivity index (χ3n) is 4.16. The number of hydrogen-bond donors (Lipinski definition) is 0. The normalized spacial score (nSPS) is 20.0. The lowest BCUT2D eigenvalue weighted by Crippen LogP contribution is -2.27. The molecule has 0 spiro atoms. The quantitative estimate of drug-likeness (QED) is 0.792. The molecule has 1 aromatic rings. The molecule has 23 heavy (non-hydrogen) atoms. The van der Waals surface area contributed by atoms with Gasteiger partial charge in [-0.3, -0.25) is 14.5 Å². The number of imide groups is 1. The number of likely N-dealkylation sites (N-methyl/N-ethyl adjacent to an activating group) is 1. The molecule has 0 unspecified atom stereocenters. The summed E-state index contributed by atoms with van der Waals surface area (Å²) < 4.78 is 5.48. The van der Waals surface area contributed by atoms with Crippen LogP contribution >= 0.6 is 11.8 Å². The number of rotatable bonds is 4. The molecule has 5 nitrogen and oxygen atoms in total. The first-order chi connectivity index (χ1) is 11.1. The number of amides is 2. The fraction of sp³-hybridized carbons (Fsp3) is 0.412. The highest BCUT2D eigenvalue weighted by Gasteiger charge is 2.33. The molecule has 1 aromatic carbocycles. The van der Waals surface area contributed by atoms with Gasteiger partial charge in [-0.2, -0.15) is 0 Å². The molecule has 0 aromatic heterocycles. The third-order valence-corrected chi connectivity index (χ3v) is 5.07. The molecule has 3 rings (SSSR count). The van der Waals surface area contributed by atoms with Crippen molar-refractivity contribution in [3.8, 4) is 5.75 Å². The Morgan fingerprint density at radius 3 is 2.61 bits per heavy atom. The highest BCUT2D eigenvalue weighted by molar-refractivity contribution is 8.18. The van der Waals surface area contributed by atoms with Crippen molar-refractivity contribution in [2.75, 3.05) is 31.6 Å². The molecule has 2 aliphatic rings. The number of nitrogens with zero attached hydrogens (tertiary/aromatic N) is 2. The summed E-state index contributed by atoms with van der Waals surface area (Å²) in [5.41, 5.74) is 1.95. The lowest BCUT2D eigenvalue weighted by atomic mass is 10.1. The number of carbonyl (C=O) groups excluding carboxylic acids is 2. The van der Waals surface area contributed by atoms with Gasteiger partial charge < -0.3 is 9.64 Å². The Labute approximate surface area is 140 Å². The minimum Gasteiger partial charge on any atom is -0.496 e. The van der Waals surface area contributed by atoms with Crippen LogP contribution in [-0.4, -0.2) is 42.8 Å². The summed E-state index contributed by atoms with van der Waals surface area (Å²) in [5.74, 6) is 0.492. The SMILES string of the molecule is CCN1C(=O)SC(=Cc2ccc(N3CCCC3)cc2OC)C1=O. The smallest absolute Gasteiger partial charge is 0.293 e. The number of ether oxygens (including phenoxy) is 1. The Kier molecular flexibility index (Phi) is 4.61. The zero-order valence-electron chi connectivity index (χ0n) is 13.4. The van der Waals surface area contributed by atoms with Crippen molar-refractivity contribution in [1.82, 2.24) is 4.90 Å². The summed E-state index contributed by atoms with van der Waals surface area (Å²) in [7, 11) is 1.62. The van der Waals surface area contributed by atoms with Crippen LogP contribution in [0.25, 0.3) is 6.08 Å². The molecular weight excluding hydrogens is 312 g/mol. The zero-order valence-corrected chi connectivity index (χ0v) is 14.2. The lowest BCUT2D eigenvalue weighted by Gasteiger charge is -2.19. The summed E-state index contributed by atoms with van der Waals surface area (Å²) in [5, 5.41) is -0.212. The van der Waals surface area contributed by atoms with Crippen LogP contribution in [0.1, 0.15) is 25.3 Å². The van der Waals surface area contributed by atoms with Crippen LogP contribution in [-0.2, 0) is 4.79 Å². The molecular formula is C17H20N2O3S. The first kappa shape index (κ1) is 15.9. The molecule has 0 aliphatic carbocycles. The van der Waals surface area contributed by atoms with Gasteiger partial charge in [-0.1, -0.05) is 0 Å². The van der Waals surface area contributed by atoms with E-state index in [1.165, 1.54) is 17.7 Å². The fourth-order valence-corrected chi connectivity index (χ4v) is 3.80. The van der Waals surface area contributed by atoms with Crippen LogP contribution in [0.4, 0.5) is 10.5 Å². The first-order valence-electron chi connectivity index (χ1n) is 7.82. The maximum absolute atomic E-state index is 12.2. The number of benzene rings is 1. The van der Waals surface area contributed by atoms with Crippen LogP contribution in [0.3, 0.4) is 0 Å². The molecule has 2 fully saturated rings. The van der Waals surface area contributed by atoms with Crippen molar-refractivity contribution in [3.63, 3.8) is 0 Å². The second-order valence-electron chi connectivity index (χ2n) is 5.55. The third kappa shape index (κ3) is 3.08. The highest BCUT2D eigenvalue weighted by atomic mass is 32.2. The standard InChI is InChI=1S/C17H20N2O3S/c1-3-19-16(20)15(23-17(19)21)10-12-6-7-13(11-14(12)22-2)18-8-4-5-9-18/h6-7,10-11H,3-5,8-9H2,1-2H3. The Hall–Kier alpha value is -1.95. The van der Waals surface area contributed by atoms with Crippen LogP contribution in [0, 0.1) is 0 Å². The highest BCUT2D eigenvalue weighted by Crippen LogP contribution is 2.35. The van der Waals surface area contributed by atoms with Crippen LogP contribution < -0.4 is 9.64 Å². The minimum absolute atomic E-state index is 0.212. The monoisotopic (exact) mass is 332 g/mol. The Bertz CT molecular complexity index is 666. The van der Waals surface area contributed by atoms with E-state index in [0.29, 0.717) is 11.4 Å². The van der Waals surface area contributed by atoms with Gasteiger partial charge in [0.05, 0.1) is 12.0 Å². The molecule has 0 N–H and O–H groups in total. The van der Waals surface area contributed by atoms with Gasteiger partial charge in [0, 0.05) is 37.0 Å². The minimum atomic E-state index is -0.229. The van der Waals surface area contributed by atoms with Crippen LogP contribution in [0.15, 0.2) is 23.1 Å². The largest absolute Gasteiger partial charge is 0.496 e. The molecule has 0 bridgehead atoms. The van der Waals surface area contributed by atoms with Gasteiger partial charge in [0.25, 0.3) is 11.1 Å². The second kappa shape index (κ2) is 6.66. The van der Waals surface area contributed by atoms with E-state index in [2.05, 4.69) is 4.90 Å². The van der Waals surface area contributed by atoms with E-state index in [0.717, 1.165) is 41.9 Å². The Balaban J connectivity index is 1.89. The van der Waals surface area contributed by atoms with Crippen molar-refractivity contribution >= 4 is 34.7 Å². The molecule has 2 aliphatic heterocycles. The van der Waals surface area contributed by atoms with E-state index in [-0.39, 0.29) is 11.1 Å². The van der Waals surface area contributed by atoms with Crippen molar-refractivity contribution in [1.29, 1.82) is 0 Å². The summed E-state index contributed by atoms with van der Waals surface area (Å²) in [4.78, 5) is 28.0. The van der Waals surface area contributed by atoms with E-state index in [1.807, 2.05) is 18.2 Å². The number of hydrogen-bond acceptors (Lipinski definition) is 5. The van der Waals surface area contributed by atoms with Gasteiger partial charge in [0.1, 0.15) is 5.75 Å². The Morgan fingerprint density at radius 2 is 2.00 bits per heavy atom. The van der Waals surface area contributed by atoms with E-state index in [1.54, 1.807) is 20.1 Å². The summed E-state index contributed by atoms with van der Waals surface area (Å²) in [6.07, 6.45) is 4.18. The van der Waals surface area contributed by atoms with Gasteiger partial charge in [-0.15, -0.1) is 0 Å². The fourth-order valence-electron chi connectivity index (χ4n) is 2.90. The average molecular weight is 332 g/mol. The number of methoxy groups -OCH3 is 1. The Morgan fingerprint density at radius 1 is 1.26 bits per heavy atom. The zero-order chi connectivity index (χ0) is 16.4. The van der Waals surface area contributed by atoms with Crippen LogP contribution in [0.2, 0.25) is 0 Å². The average Bonchev–Trinajstić information content (AvgIpc) is 3.17. The van der Waals surface area contributed by atoms with Crippen molar-refractivity contribution in [3.05, 3.63) is 28.7 Å². The predicted octanol–water partition coefficient (Wildman–Crippen LogP) is 3.35. The van der Waals surface area contributed by atoms with Crippen LogP contribution in [0.5, 0.6) is 5.75 Å². The molecule has 2 saturated heterocycles. The van der Waals surface area contributed by atoms with E-state index < -0.39 is 0 Å². The molecule has 2 heterocycles. The molecule has 0 radical (unpaired) electrons. The molecule has 2 amide bonds. The van der Waals surface area contributed by atoms with Gasteiger partial charge in [0.2, 0.25) is 0 Å². The van der Waals surface area contributed by atoms with Gasteiger partial charge in [-0.05, 0) is 49.7 Å². The van der Waals surface area contributed by atoms with Crippen molar-refractivity contribution in [2.45, 2.75) is 19.8 Å². The van der Waals surface area contributed by atoms with Crippen molar-refractivity contribution in [2.24, 2.45) is 0 Å². The maximum Gasteiger partial charge on any atom is 0.293 e. The van der Waals surface area contributed by atoms with E-state index in [4.69, 9.17) is 4.74 Å². The van der Waals surface area contributed by atoms with E-state index >= 15 is 0 Å². The summed E-state index contributed by atoms with van der Waals surface area (Å²) >= 11 is 0.982. The predicted molar refractivity (Wildman–Crippen MR) is 92.8 cm³/mol.